The second kappa shape index (κ2) is 6.19. The first-order valence-electron chi connectivity index (χ1n) is 7.07. The molecule has 1 amide bonds. The Hall–Kier alpha value is -1.36. The summed E-state index contributed by atoms with van der Waals surface area (Å²) >= 11 is 0. The summed E-state index contributed by atoms with van der Waals surface area (Å²) in [4.78, 5) is 14.3. The van der Waals surface area contributed by atoms with Crippen molar-refractivity contribution < 1.29 is 9.32 Å². The number of nitrogens with one attached hydrogen (secondary N) is 1. The molecule has 1 aliphatic rings. The van der Waals surface area contributed by atoms with Crippen molar-refractivity contribution in [1.29, 1.82) is 0 Å². The maximum Gasteiger partial charge on any atom is 0.240 e. The molecule has 1 atom stereocenters. The van der Waals surface area contributed by atoms with Gasteiger partial charge in [-0.05, 0) is 39.7 Å². The Morgan fingerprint density at radius 1 is 1.47 bits per heavy atom. The Balaban J connectivity index is 2.02. The molecule has 106 valence electrons. The summed E-state index contributed by atoms with van der Waals surface area (Å²) in [5.41, 5.74) is 1.93. The van der Waals surface area contributed by atoms with Crippen molar-refractivity contribution in [2.24, 2.45) is 0 Å². The normalized spacial score (nSPS) is 20.1. The zero-order valence-corrected chi connectivity index (χ0v) is 12.0. The zero-order chi connectivity index (χ0) is 13.8. The molecule has 0 aliphatic carbocycles. The summed E-state index contributed by atoms with van der Waals surface area (Å²) in [6.07, 6.45) is 3.04. The minimum atomic E-state index is -0.0193. The minimum absolute atomic E-state index is 0.0193. The van der Waals surface area contributed by atoms with Gasteiger partial charge >= 0.3 is 0 Å². The molecule has 5 nitrogen and oxygen atoms in total. The van der Waals surface area contributed by atoms with Gasteiger partial charge in [-0.1, -0.05) is 12.1 Å². The van der Waals surface area contributed by atoms with E-state index in [1.54, 1.807) is 0 Å². The van der Waals surface area contributed by atoms with Crippen molar-refractivity contribution in [2.75, 3.05) is 13.1 Å². The fourth-order valence-corrected chi connectivity index (χ4v) is 2.52. The van der Waals surface area contributed by atoms with Gasteiger partial charge in [-0.15, -0.1) is 0 Å². The van der Waals surface area contributed by atoms with Gasteiger partial charge in [-0.2, -0.15) is 0 Å². The fraction of sp³-hybridized carbons (Fsp3) is 0.714. The number of carbonyl (C=O) groups is 1. The minimum Gasteiger partial charge on any atom is -0.361 e. The van der Waals surface area contributed by atoms with Crippen LogP contribution in [0.15, 0.2) is 4.52 Å². The van der Waals surface area contributed by atoms with Gasteiger partial charge in [0.2, 0.25) is 5.91 Å². The van der Waals surface area contributed by atoms with Crippen LogP contribution in [0.4, 0.5) is 0 Å². The van der Waals surface area contributed by atoms with E-state index >= 15 is 0 Å². The van der Waals surface area contributed by atoms with Crippen LogP contribution in [0.3, 0.4) is 0 Å². The Bertz CT molecular complexity index is 422. The number of likely N-dealkylation sites (tertiary alicyclic amines) is 1. The predicted octanol–water partition coefficient (Wildman–Crippen LogP) is 1.78. The lowest BCUT2D eigenvalue weighted by atomic mass is 10.0. The molecule has 0 aromatic carbocycles. The highest BCUT2D eigenvalue weighted by Crippen LogP contribution is 2.19. The van der Waals surface area contributed by atoms with Gasteiger partial charge in [0.05, 0.1) is 18.3 Å². The molecule has 1 unspecified atom stereocenters. The third-order valence-corrected chi connectivity index (χ3v) is 3.70. The van der Waals surface area contributed by atoms with E-state index in [-0.39, 0.29) is 11.9 Å². The number of hydrogen-bond donors (Lipinski definition) is 1. The number of nitrogens with zero attached hydrogens (tertiary/aromatic N) is 2. The number of aromatic nitrogens is 1. The predicted molar refractivity (Wildman–Crippen MR) is 72.7 cm³/mol. The Morgan fingerprint density at radius 3 is 2.89 bits per heavy atom. The van der Waals surface area contributed by atoms with E-state index in [4.69, 9.17) is 4.52 Å². The van der Waals surface area contributed by atoms with Gasteiger partial charge in [0, 0.05) is 12.1 Å². The van der Waals surface area contributed by atoms with Crippen LogP contribution in [-0.4, -0.2) is 35.1 Å². The summed E-state index contributed by atoms with van der Waals surface area (Å²) in [5.74, 6) is 1.02. The average Bonchev–Trinajstić information content (AvgIpc) is 2.71. The van der Waals surface area contributed by atoms with Crippen LogP contribution >= 0.6 is 0 Å². The van der Waals surface area contributed by atoms with Crippen molar-refractivity contribution in [2.45, 2.75) is 52.6 Å². The van der Waals surface area contributed by atoms with Crippen LogP contribution in [-0.2, 0) is 11.3 Å². The molecule has 0 saturated carbocycles. The van der Waals surface area contributed by atoms with Gasteiger partial charge in [0.1, 0.15) is 5.76 Å². The summed E-state index contributed by atoms with van der Waals surface area (Å²) in [5, 5.41) is 7.28. The van der Waals surface area contributed by atoms with E-state index in [0.29, 0.717) is 6.54 Å². The highest BCUT2D eigenvalue weighted by molar-refractivity contribution is 5.82. The number of piperidine rings is 1. The summed E-state index contributed by atoms with van der Waals surface area (Å²) in [7, 11) is 0. The highest BCUT2D eigenvalue weighted by atomic mass is 16.5. The number of amides is 1. The lowest BCUT2D eigenvalue weighted by Gasteiger charge is -2.32. The molecule has 0 spiro atoms. The molecule has 1 saturated heterocycles. The summed E-state index contributed by atoms with van der Waals surface area (Å²) in [6.45, 7) is 8.28. The second-order valence-electron chi connectivity index (χ2n) is 5.21. The third kappa shape index (κ3) is 3.15. The summed E-state index contributed by atoms with van der Waals surface area (Å²) < 4.78 is 5.16. The maximum absolute atomic E-state index is 12.4. The third-order valence-electron chi connectivity index (χ3n) is 3.70. The molecule has 2 heterocycles. The van der Waals surface area contributed by atoms with E-state index in [1.807, 2.05) is 18.7 Å². The first kappa shape index (κ1) is 14.1. The Kier molecular flexibility index (Phi) is 4.58. The van der Waals surface area contributed by atoms with Crippen molar-refractivity contribution in [3.05, 3.63) is 17.0 Å². The molecular formula is C14H23N3O2. The van der Waals surface area contributed by atoms with Crippen LogP contribution in [0.25, 0.3) is 0 Å². The van der Waals surface area contributed by atoms with Gasteiger partial charge in [-0.3, -0.25) is 4.79 Å². The van der Waals surface area contributed by atoms with E-state index in [9.17, 15) is 4.79 Å². The molecule has 1 aromatic rings. The molecule has 1 aliphatic heterocycles. The summed E-state index contributed by atoms with van der Waals surface area (Å²) in [6, 6.07) is -0.0193. The van der Waals surface area contributed by atoms with Crippen LogP contribution in [0, 0.1) is 13.8 Å². The van der Waals surface area contributed by atoms with Crippen LogP contribution < -0.4 is 5.32 Å². The van der Waals surface area contributed by atoms with E-state index in [2.05, 4.69) is 17.4 Å². The first-order chi connectivity index (χ1) is 9.13. The molecule has 0 bridgehead atoms. The highest BCUT2D eigenvalue weighted by Gasteiger charge is 2.29. The quantitative estimate of drug-likeness (QED) is 0.881. The molecule has 19 heavy (non-hydrogen) atoms. The molecule has 2 rings (SSSR count). The van der Waals surface area contributed by atoms with Gasteiger partial charge < -0.3 is 14.7 Å². The Morgan fingerprint density at radius 2 is 2.26 bits per heavy atom. The first-order valence-corrected chi connectivity index (χ1v) is 7.07. The maximum atomic E-state index is 12.4. The topological polar surface area (TPSA) is 58.4 Å². The van der Waals surface area contributed by atoms with Gasteiger partial charge in [0.15, 0.2) is 0 Å². The van der Waals surface area contributed by atoms with Crippen LogP contribution in [0.1, 0.15) is 43.2 Å². The van der Waals surface area contributed by atoms with E-state index in [0.717, 1.165) is 49.4 Å². The van der Waals surface area contributed by atoms with Crippen LogP contribution in [0.2, 0.25) is 0 Å². The standard InChI is InChI=1S/C14H23N3O2/c1-4-7-15-13-6-5-8-17(14(13)18)9-12-10(2)16-19-11(12)3/h13,15H,4-9H2,1-3H3. The number of carbonyl (C=O) groups excluding carboxylic acids is 1. The second-order valence-corrected chi connectivity index (χ2v) is 5.21. The molecular weight excluding hydrogens is 242 g/mol. The zero-order valence-electron chi connectivity index (χ0n) is 12.0. The van der Waals surface area contributed by atoms with Gasteiger partial charge in [0.25, 0.3) is 0 Å². The van der Waals surface area contributed by atoms with Crippen molar-refractivity contribution >= 4 is 5.91 Å². The molecule has 1 fully saturated rings. The van der Waals surface area contributed by atoms with Crippen molar-refractivity contribution in [3.8, 4) is 0 Å². The monoisotopic (exact) mass is 265 g/mol. The number of aryl methyl sites for hydroxylation is 2. The van der Waals surface area contributed by atoms with Crippen LogP contribution in [0.5, 0.6) is 0 Å². The number of hydrogen-bond acceptors (Lipinski definition) is 4. The lowest BCUT2D eigenvalue weighted by Crippen LogP contribution is -2.50. The average molecular weight is 265 g/mol. The van der Waals surface area contributed by atoms with Crippen molar-refractivity contribution in [3.63, 3.8) is 0 Å². The molecule has 1 aromatic heterocycles. The number of rotatable bonds is 5. The Labute approximate surface area is 114 Å². The van der Waals surface area contributed by atoms with Crippen molar-refractivity contribution in [1.82, 2.24) is 15.4 Å². The fourth-order valence-electron chi connectivity index (χ4n) is 2.52. The van der Waals surface area contributed by atoms with Gasteiger partial charge in [-0.25, -0.2) is 0 Å². The lowest BCUT2D eigenvalue weighted by molar-refractivity contribution is -0.136. The largest absolute Gasteiger partial charge is 0.361 e. The van der Waals surface area contributed by atoms with E-state index in [1.165, 1.54) is 0 Å². The molecule has 0 radical (unpaired) electrons. The smallest absolute Gasteiger partial charge is 0.240 e. The molecule has 5 heteroatoms. The van der Waals surface area contributed by atoms with E-state index < -0.39 is 0 Å². The molecule has 1 N–H and O–H groups in total. The SMILES string of the molecule is CCCNC1CCCN(Cc2c(C)noc2C)C1=O.